The number of benzene rings is 3. The molecule has 0 atom stereocenters. The van der Waals surface area contributed by atoms with E-state index in [-0.39, 0.29) is 0 Å². The molecule has 0 amide bonds. The zero-order valence-corrected chi connectivity index (χ0v) is 21.3. The molecular formula is C30H35Zr. The Labute approximate surface area is 189 Å². The summed E-state index contributed by atoms with van der Waals surface area (Å²) in [5, 5.41) is 0. The van der Waals surface area contributed by atoms with Gasteiger partial charge in [0.1, 0.15) is 0 Å². The van der Waals surface area contributed by atoms with Gasteiger partial charge in [-0.3, -0.25) is 0 Å². The fourth-order valence-corrected chi connectivity index (χ4v) is 26.5. The SMILES string of the molecule is CCC[CH2][Zr]([CH2]c1ccccc1)([CH2]c1ccccc1)([CH2]c1ccccc1)[C]1=CC=CC1. The van der Waals surface area contributed by atoms with Gasteiger partial charge in [-0.2, -0.15) is 0 Å². The summed E-state index contributed by atoms with van der Waals surface area (Å²) >= 11 is -3.59. The fourth-order valence-electron chi connectivity index (χ4n) is 5.96. The molecule has 1 aliphatic carbocycles. The van der Waals surface area contributed by atoms with Gasteiger partial charge in [0.15, 0.2) is 0 Å². The van der Waals surface area contributed by atoms with Gasteiger partial charge in [-0.15, -0.1) is 0 Å². The molecule has 0 saturated heterocycles. The first-order valence-electron chi connectivity index (χ1n) is 11.9. The summed E-state index contributed by atoms with van der Waals surface area (Å²) in [6.45, 7) is 2.36. The summed E-state index contributed by atoms with van der Waals surface area (Å²) < 4.78 is 7.05. The number of hydrogen-bond donors (Lipinski definition) is 0. The summed E-state index contributed by atoms with van der Waals surface area (Å²) in [6, 6.07) is 34.1. The van der Waals surface area contributed by atoms with Gasteiger partial charge < -0.3 is 0 Å². The van der Waals surface area contributed by atoms with Crippen molar-refractivity contribution in [2.45, 2.75) is 42.7 Å². The summed E-state index contributed by atoms with van der Waals surface area (Å²) in [5.74, 6) is 0. The number of unbranched alkanes of at least 4 members (excludes halogenated alkanes) is 1. The van der Waals surface area contributed by atoms with Crippen molar-refractivity contribution in [1.82, 2.24) is 0 Å². The molecule has 0 aliphatic heterocycles. The Hall–Kier alpha value is -1.98. The van der Waals surface area contributed by atoms with Crippen LogP contribution >= 0.6 is 0 Å². The molecule has 0 saturated carbocycles. The molecule has 3 aromatic rings. The van der Waals surface area contributed by atoms with Crippen LogP contribution in [0.4, 0.5) is 0 Å². The van der Waals surface area contributed by atoms with Crippen molar-refractivity contribution < 1.29 is 18.8 Å². The Morgan fingerprint density at radius 2 is 1.10 bits per heavy atom. The molecule has 1 aliphatic rings. The summed E-state index contributed by atoms with van der Waals surface area (Å²) in [7, 11) is 0. The Morgan fingerprint density at radius 3 is 1.45 bits per heavy atom. The van der Waals surface area contributed by atoms with Gasteiger partial charge in [-0.25, -0.2) is 0 Å². The van der Waals surface area contributed by atoms with Gasteiger partial charge in [0, 0.05) is 0 Å². The molecule has 4 rings (SSSR count). The van der Waals surface area contributed by atoms with E-state index in [0.717, 1.165) is 6.42 Å². The molecule has 1 heteroatoms. The minimum absolute atomic E-state index is 1.15. The summed E-state index contributed by atoms with van der Waals surface area (Å²) in [5.41, 5.74) is 4.59. The minimum atomic E-state index is -3.59. The molecule has 31 heavy (non-hydrogen) atoms. The van der Waals surface area contributed by atoms with Crippen LogP contribution in [0.25, 0.3) is 0 Å². The van der Waals surface area contributed by atoms with Crippen LogP contribution in [0.5, 0.6) is 0 Å². The van der Waals surface area contributed by atoms with Gasteiger partial charge >= 0.3 is 191 Å². The fraction of sp³-hybridized carbons (Fsp3) is 0.267. The molecule has 0 nitrogen and oxygen atoms in total. The van der Waals surface area contributed by atoms with E-state index < -0.39 is 18.8 Å². The van der Waals surface area contributed by atoms with Gasteiger partial charge in [0.25, 0.3) is 0 Å². The average molecular weight is 487 g/mol. The maximum atomic E-state index is 2.52. The first-order valence-corrected chi connectivity index (χ1v) is 20.1. The first-order chi connectivity index (χ1) is 15.2. The normalized spacial score (nSPS) is 14.7. The molecule has 3 aromatic carbocycles. The van der Waals surface area contributed by atoms with Crippen LogP contribution in [0.1, 0.15) is 42.9 Å². The zero-order chi connectivity index (χ0) is 21.4. The predicted octanol–water partition coefficient (Wildman–Crippen LogP) is 8.34. The molecule has 0 spiro atoms. The molecule has 0 unspecified atom stereocenters. The Morgan fingerprint density at radius 1 is 0.645 bits per heavy atom. The van der Waals surface area contributed by atoms with E-state index in [0.29, 0.717) is 0 Å². The molecule has 0 fully saturated rings. The van der Waals surface area contributed by atoms with E-state index in [9.17, 15) is 0 Å². The van der Waals surface area contributed by atoms with Crippen molar-refractivity contribution in [2.75, 3.05) is 0 Å². The molecule has 0 radical (unpaired) electrons. The van der Waals surface area contributed by atoms with Crippen LogP contribution in [-0.4, -0.2) is 0 Å². The van der Waals surface area contributed by atoms with Crippen molar-refractivity contribution in [3.63, 3.8) is 0 Å². The van der Waals surface area contributed by atoms with Crippen LogP contribution < -0.4 is 0 Å². The van der Waals surface area contributed by atoms with Gasteiger partial charge in [0.05, 0.1) is 0 Å². The second kappa shape index (κ2) is 10.1. The second-order valence-corrected chi connectivity index (χ2v) is 25.9. The van der Waals surface area contributed by atoms with Crippen molar-refractivity contribution in [3.05, 3.63) is 129 Å². The first kappa shape index (κ1) is 22.2. The van der Waals surface area contributed by atoms with E-state index in [4.69, 9.17) is 0 Å². The third-order valence-corrected chi connectivity index (χ3v) is 26.7. The second-order valence-electron chi connectivity index (χ2n) is 9.62. The number of hydrogen-bond acceptors (Lipinski definition) is 0. The van der Waals surface area contributed by atoms with Crippen molar-refractivity contribution in [3.8, 4) is 0 Å². The average Bonchev–Trinajstić information content (AvgIpc) is 3.36. The van der Waals surface area contributed by atoms with Crippen molar-refractivity contribution in [2.24, 2.45) is 0 Å². The molecule has 0 aromatic heterocycles. The summed E-state index contributed by atoms with van der Waals surface area (Å²) in [4.78, 5) is 0. The molecular weight excluding hydrogens is 452 g/mol. The molecule has 0 heterocycles. The Bertz CT molecular complexity index is 912. The van der Waals surface area contributed by atoms with Crippen LogP contribution in [0, 0.1) is 0 Å². The standard InChI is InChI=1S/3C7H7.C5H5.C4H9.Zr/c3*1-7-5-3-2-4-6-7;1-2-4-5-3-1;1-3-4-2;/h3*2-6H,1H2;1-3H,4H2;1,3-4H2,2H3;. The molecule has 159 valence electrons. The number of rotatable bonds is 10. The number of allylic oxidation sites excluding steroid dienone is 4. The zero-order valence-electron chi connectivity index (χ0n) is 18.8. The van der Waals surface area contributed by atoms with Crippen molar-refractivity contribution >= 4 is 0 Å². The predicted molar refractivity (Wildman–Crippen MR) is 132 cm³/mol. The van der Waals surface area contributed by atoms with Crippen LogP contribution in [0.2, 0.25) is 4.13 Å². The van der Waals surface area contributed by atoms with E-state index in [2.05, 4.69) is 116 Å². The van der Waals surface area contributed by atoms with E-state index in [1.54, 1.807) is 0 Å². The van der Waals surface area contributed by atoms with E-state index >= 15 is 0 Å². The van der Waals surface area contributed by atoms with Gasteiger partial charge in [-0.05, 0) is 0 Å². The van der Waals surface area contributed by atoms with Crippen LogP contribution in [0.15, 0.2) is 113 Å². The molecule has 0 N–H and O–H groups in total. The van der Waals surface area contributed by atoms with Crippen molar-refractivity contribution in [1.29, 1.82) is 0 Å². The summed E-state index contributed by atoms with van der Waals surface area (Å²) in [6.07, 6.45) is 11.0. The Balaban J connectivity index is 1.92. The molecule has 0 bridgehead atoms. The van der Waals surface area contributed by atoms with Crippen LogP contribution in [-0.2, 0) is 31.2 Å². The third-order valence-electron chi connectivity index (χ3n) is 7.40. The van der Waals surface area contributed by atoms with Crippen LogP contribution in [0.3, 0.4) is 0 Å². The monoisotopic (exact) mass is 485 g/mol. The van der Waals surface area contributed by atoms with E-state index in [1.807, 2.05) is 3.28 Å². The van der Waals surface area contributed by atoms with Gasteiger partial charge in [0.2, 0.25) is 0 Å². The quantitative estimate of drug-likeness (QED) is 0.270. The van der Waals surface area contributed by atoms with E-state index in [1.165, 1.54) is 46.0 Å². The topological polar surface area (TPSA) is 0 Å². The van der Waals surface area contributed by atoms with Gasteiger partial charge in [-0.1, -0.05) is 0 Å². The third kappa shape index (κ3) is 5.10. The Kier molecular flexibility index (Phi) is 7.24. The maximum absolute atomic E-state index is 3.59.